The molecule has 1 aliphatic rings. The van der Waals surface area contributed by atoms with E-state index in [1.54, 1.807) is 30.2 Å². The van der Waals surface area contributed by atoms with Crippen LogP contribution in [0.5, 0.6) is 0 Å². The molecule has 0 unspecified atom stereocenters. The van der Waals surface area contributed by atoms with Gasteiger partial charge in [-0.1, -0.05) is 12.1 Å². The molecule has 1 aromatic carbocycles. The zero-order valence-electron chi connectivity index (χ0n) is 12.0. The lowest BCUT2D eigenvalue weighted by Gasteiger charge is -2.16. The molecule has 3 rings (SSSR count). The number of aromatic nitrogens is 2. The van der Waals surface area contributed by atoms with E-state index in [1.165, 1.54) is 18.9 Å². The third kappa shape index (κ3) is 3.54. The van der Waals surface area contributed by atoms with E-state index in [1.807, 2.05) is 12.1 Å². The van der Waals surface area contributed by atoms with E-state index in [9.17, 15) is 10.1 Å². The minimum absolute atomic E-state index is 0.124. The SMILES string of the molecule is O=[N+]([O-])c1cccc(CSc2cc(N3CCCC3)ncn2)c1. The molecule has 0 saturated carbocycles. The Morgan fingerprint density at radius 2 is 2.05 bits per heavy atom. The molecule has 1 saturated heterocycles. The summed E-state index contributed by atoms with van der Waals surface area (Å²) in [6.07, 6.45) is 4.00. The normalized spacial score (nSPS) is 14.3. The highest BCUT2D eigenvalue weighted by Gasteiger charge is 2.14. The third-order valence-electron chi connectivity index (χ3n) is 3.57. The first kappa shape index (κ1) is 14.8. The van der Waals surface area contributed by atoms with Gasteiger partial charge in [-0.25, -0.2) is 9.97 Å². The Kier molecular flexibility index (Phi) is 4.53. The van der Waals surface area contributed by atoms with E-state index in [2.05, 4.69) is 14.9 Å². The average Bonchev–Trinajstić information content (AvgIpc) is 3.08. The summed E-state index contributed by atoms with van der Waals surface area (Å²) < 4.78 is 0. The van der Waals surface area contributed by atoms with Crippen LogP contribution in [0.2, 0.25) is 0 Å². The maximum atomic E-state index is 10.8. The van der Waals surface area contributed by atoms with Gasteiger partial charge in [-0.3, -0.25) is 10.1 Å². The summed E-state index contributed by atoms with van der Waals surface area (Å²) >= 11 is 1.57. The molecule has 0 aliphatic carbocycles. The summed E-state index contributed by atoms with van der Waals surface area (Å²) in [7, 11) is 0. The van der Waals surface area contributed by atoms with Gasteiger partial charge in [0, 0.05) is 37.0 Å². The number of nitro groups is 1. The number of rotatable bonds is 5. The summed E-state index contributed by atoms with van der Waals surface area (Å²) in [5, 5.41) is 11.7. The third-order valence-corrected chi connectivity index (χ3v) is 4.56. The highest BCUT2D eigenvalue weighted by molar-refractivity contribution is 7.98. The fourth-order valence-electron chi connectivity index (χ4n) is 2.45. The van der Waals surface area contributed by atoms with E-state index in [0.717, 1.165) is 29.5 Å². The first-order valence-electron chi connectivity index (χ1n) is 7.15. The number of nitrogens with zero attached hydrogens (tertiary/aromatic N) is 4. The van der Waals surface area contributed by atoms with Crippen molar-refractivity contribution in [3.63, 3.8) is 0 Å². The van der Waals surface area contributed by atoms with Crippen LogP contribution in [0.3, 0.4) is 0 Å². The van der Waals surface area contributed by atoms with Gasteiger partial charge in [-0.05, 0) is 18.4 Å². The molecule has 0 amide bonds. The minimum Gasteiger partial charge on any atom is -0.356 e. The Hall–Kier alpha value is -2.15. The molecule has 114 valence electrons. The molecule has 0 radical (unpaired) electrons. The minimum atomic E-state index is -0.371. The standard InChI is InChI=1S/C15H16N4O2S/c20-19(21)13-5-3-4-12(8-13)10-22-15-9-14(16-11-17-15)18-6-1-2-7-18/h3-5,8-9,11H,1-2,6-7,10H2. The Morgan fingerprint density at radius 3 is 2.82 bits per heavy atom. The quantitative estimate of drug-likeness (QED) is 0.365. The second-order valence-corrected chi connectivity index (χ2v) is 6.12. The monoisotopic (exact) mass is 316 g/mol. The number of hydrogen-bond acceptors (Lipinski definition) is 6. The highest BCUT2D eigenvalue weighted by atomic mass is 32.2. The zero-order chi connectivity index (χ0) is 15.4. The topological polar surface area (TPSA) is 72.2 Å². The predicted octanol–water partition coefficient (Wildman–Crippen LogP) is 3.28. The van der Waals surface area contributed by atoms with Crippen LogP contribution < -0.4 is 4.90 Å². The molecule has 1 fully saturated rings. The van der Waals surface area contributed by atoms with E-state index in [4.69, 9.17) is 0 Å². The number of nitro benzene ring substituents is 1. The molecule has 0 bridgehead atoms. The molecule has 6 nitrogen and oxygen atoms in total. The predicted molar refractivity (Wildman–Crippen MR) is 86.1 cm³/mol. The summed E-state index contributed by atoms with van der Waals surface area (Å²) in [5.41, 5.74) is 1.04. The van der Waals surface area contributed by atoms with Crippen molar-refractivity contribution in [3.05, 3.63) is 52.3 Å². The van der Waals surface area contributed by atoms with Crippen molar-refractivity contribution >= 4 is 23.3 Å². The molecule has 2 heterocycles. The van der Waals surface area contributed by atoms with E-state index >= 15 is 0 Å². The van der Waals surface area contributed by atoms with Crippen LogP contribution in [0.15, 0.2) is 41.7 Å². The molecule has 7 heteroatoms. The fraction of sp³-hybridized carbons (Fsp3) is 0.333. The van der Waals surface area contributed by atoms with Crippen molar-refractivity contribution in [1.82, 2.24) is 9.97 Å². The summed E-state index contributed by atoms with van der Waals surface area (Å²) in [6, 6.07) is 8.71. The van der Waals surface area contributed by atoms with E-state index < -0.39 is 0 Å². The Bertz CT molecular complexity index is 674. The molecule has 2 aromatic rings. The van der Waals surface area contributed by atoms with Crippen LogP contribution in [0.25, 0.3) is 0 Å². The summed E-state index contributed by atoms with van der Waals surface area (Å²) in [6.45, 7) is 2.10. The van der Waals surface area contributed by atoms with Gasteiger partial charge < -0.3 is 4.90 Å². The van der Waals surface area contributed by atoms with Gasteiger partial charge >= 0.3 is 0 Å². The first-order valence-corrected chi connectivity index (χ1v) is 8.14. The number of thioether (sulfide) groups is 1. The number of benzene rings is 1. The van der Waals surface area contributed by atoms with E-state index in [0.29, 0.717) is 5.75 Å². The number of hydrogen-bond donors (Lipinski definition) is 0. The van der Waals surface area contributed by atoms with Crippen molar-refractivity contribution in [2.45, 2.75) is 23.6 Å². The summed E-state index contributed by atoms with van der Waals surface area (Å²) in [4.78, 5) is 21.3. The van der Waals surface area contributed by atoms with Crippen LogP contribution in [0.1, 0.15) is 18.4 Å². The smallest absolute Gasteiger partial charge is 0.269 e. The average molecular weight is 316 g/mol. The second-order valence-electron chi connectivity index (χ2n) is 5.12. The van der Waals surface area contributed by atoms with E-state index in [-0.39, 0.29) is 10.6 Å². The Morgan fingerprint density at radius 1 is 1.23 bits per heavy atom. The largest absolute Gasteiger partial charge is 0.356 e. The van der Waals surface area contributed by atoms with Crippen LogP contribution in [-0.4, -0.2) is 28.0 Å². The van der Waals surface area contributed by atoms with Gasteiger partial charge in [0.1, 0.15) is 17.2 Å². The number of non-ortho nitro benzene ring substituents is 1. The molecule has 0 N–H and O–H groups in total. The second kappa shape index (κ2) is 6.74. The van der Waals surface area contributed by atoms with Gasteiger partial charge in [-0.15, -0.1) is 11.8 Å². The highest BCUT2D eigenvalue weighted by Crippen LogP contribution is 2.26. The zero-order valence-corrected chi connectivity index (χ0v) is 12.8. The van der Waals surface area contributed by atoms with Gasteiger partial charge in [0.15, 0.2) is 0 Å². The van der Waals surface area contributed by atoms with Gasteiger partial charge in [0.05, 0.1) is 4.92 Å². The van der Waals surface area contributed by atoms with Gasteiger partial charge in [0.25, 0.3) is 5.69 Å². The molecular formula is C15H16N4O2S. The molecule has 1 aliphatic heterocycles. The lowest BCUT2D eigenvalue weighted by Crippen LogP contribution is -2.18. The molecule has 0 atom stereocenters. The summed E-state index contributed by atoms with van der Waals surface area (Å²) in [5.74, 6) is 1.62. The molecule has 0 spiro atoms. The fourth-order valence-corrected chi connectivity index (χ4v) is 3.25. The van der Waals surface area contributed by atoms with Crippen LogP contribution in [0, 0.1) is 10.1 Å². The van der Waals surface area contributed by atoms with Crippen molar-refractivity contribution in [3.8, 4) is 0 Å². The molecular weight excluding hydrogens is 300 g/mol. The van der Waals surface area contributed by atoms with Crippen LogP contribution >= 0.6 is 11.8 Å². The lowest BCUT2D eigenvalue weighted by atomic mass is 10.2. The maximum Gasteiger partial charge on any atom is 0.269 e. The van der Waals surface area contributed by atoms with Crippen molar-refractivity contribution < 1.29 is 4.92 Å². The Balaban J connectivity index is 1.67. The maximum absolute atomic E-state index is 10.8. The molecule has 1 aromatic heterocycles. The van der Waals surface area contributed by atoms with Gasteiger partial charge in [-0.2, -0.15) is 0 Å². The Labute approximate surface area is 132 Å². The lowest BCUT2D eigenvalue weighted by molar-refractivity contribution is -0.384. The van der Waals surface area contributed by atoms with Crippen LogP contribution in [-0.2, 0) is 5.75 Å². The van der Waals surface area contributed by atoms with Crippen molar-refractivity contribution in [1.29, 1.82) is 0 Å². The van der Waals surface area contributed by atoms with Crippen LogP contribution in [0.4, 0.5) is 11.5 Å². The van der Waals surface area contributed by atoms with Crippen molar-refractivity contribution in [2.24, 2.45) is 0 Å². The van der Waals surface area contributed by atoms with Crippen molar-refractivity contribution in [2.75, 3.05) is 18.0 Å². The molecule has 22 heavy (non-hydrogen) atoms. The van der Waals surface area contributed by atoms with Gasteiger partial charge in [0.2, 0.25) is 0 Å². The number of anilines is 1. The first-order chi connectivity index (χ1) is 10.7.